The number of ether oxygens (including phenoxy) is 1. The number of halogens is 3. The molecule has 1 aliphatic carbocycles. The van der Waals surface area contributed by atoms with Crippen LogP contribution in [0, 0.1) is 0 Å². The van der Waals surface area contributed by atoms with Crippen molar-refractivity contribution in [1.29, 1.82) is 0 Å². The van der Waals surface area contributed by atoms with Crippen LogP contribution in [0.5, 0.6) is 5.75 Å². The number of hydrogen-bond donors (Lipinski definition) is 2. The van der Waals surface area contributed by atoms with Crippen LogP contribution >= 0.6 is 11.3 Å². The maximum Gasteiger partial charge on any atom is 0.411 e. The summed E-state index contributed by atoms with van der Waals surface area (Å²) in [4.78, 5) is 11.6. The van der Waals surface area contributed by atoms with Gasteiger partial charge in [0.1, 0.15) is 10.5 Å². The van der Waals surface area contributed by atoms with E-state index in [2.05, 4.69) is 5.32 Å². The summed E-state index contributed by atoms with van der Waals surface area (Å²) in [7, 11) is 1.31. The van der Waals surface area contributed by atoms with E-state index in [1.165, 1.54) is 14.0 Å². The highest BCUT2D eigenvalue weighted by Crippen LogP contribution is 2.54. The van der Waals surface area contributed by atoms with Crippen LogP contribution in [0.25, 0.3) is 0 Å². The molecule has 2 rings (SSSR count). The maximum absolute atomic E-state index is 12.9. The molecule has 0 amide bonds. The molecule has 1 aromatic heterocycles. The molecule has 3 N–H and O–H groups in total. The third kappa shape index (κ3) is 2.24. The highest BCUT2D eigenvalue weighted by molar-refractivity contribution is 7.19. The van der Waals surface area contributed by atoms with E-state index < -0.39 is 11.7 Å². The van der Waals surface area contributed by atoms with Crippen molar-refractivity contribution in [2.24, 2.45) is 0 Å². The molecule has 1 fully saturated rings. The first kappa shape index (κ1) is 14.0. The molecule has 4 nitrogen and oxygen atoms in total. The Morgan fingerprint density at radius 1 is 1.47 bits per heavy atom. The van der Waals surface area contributed by atoms with Crippen LogP contribution in [0.3, 0.4) is 0 Å². The number of anilines is 2. The zero-order chi connectivity index (χ0) is 14.4. The minimum Gasteiger partial charge on any atom is -0.492 e. The lowest BCUT2D eigenvalue weighted by atomic mass is 10.2. The molecular formula is C11H13F3N2O2S. The smallest absolute Gasteiger partial charge is 0.411 e. The van der Waals surface area contributed by atoms with Crippen LogP contribution in [0.1, 0.15) is 29.4 Å². The summed E-state index contributed by atoms with van der Waals surface area (Å²) in [5, 5.41) is 2.59. The summed E-state index contributed by atoms with van der Waals surface area (Å²) in [5.74, 6) is -0.198. The van der Waals surface area contributed by atoms with Gasteiger partial charge in [0.05, 0.1) is 17.7 Å². The predicted molar refractivity (Wildman–Crippen MR) is 66.9 cm³/mol. The van der Waals surface area contributed by atoms with E-state index in [1.807, 2.05) is 0 Å². The van der Waals surface area contributed by atoms with Gasteiger partial charge in [0.2, 0.25) is 0 Å². The number of carbonyl (C=O) groups excluding carboxylic acids is 1. The molecule has 0 aromatic carbocycles. The topological polar surface area (TPSA) is 64.3 Å². The quantitative estimate of drug-likeness (QED) is 0.838. The van der Waals surface area contributed by atoms with Gasteiger partial charge in [0.15, 0.2) is 11.5 Å². The van der Waals surface area contributed by atoms with E-state index in [-0.39, 0.29) is 39.9 Å². The van der Waals surface area contributed by atoms with Crippen molar-refractivity contribution in [3.63, 3.8) is 0 Å². The number of hydrogen-bond acceptors (Lipinski definition) is 5. The second kappa shape index (κ2) is 4.29. The second-order valence-corrected chi connectivity index (χ2v) is 5.49. The van der Waals surface area contributed by atoms with E-state index in [9.17, 15) is 18.0 Å². The standard InChI is InChI=1S/C11H13F3N2O2S/c1-5(17)8-6(15)7(18-2)9(19-8)16-10(3-4-10)11(12,13)14/h16H,3-4,15H2,1-2H3. The highest BCUT2D eigenvalue weighted by atomic mass is 32.1. The normalized spacial score (nSPS) is 17.1. The maximum atomic E-state index is 12.9. The van der Waals surface area contributed by atoms with Gasteiger partial charge in [-0.1, -0.05) is 0 Å². The predicted octanol–water partition coefficient (Wildman–Crippen LogP) is 3.05. The van der Waals surface area contributed by atoms with Gasteiger partial charge in [-0.2, -0.15) is 13.2 Å². The van der Waals surface area contributed by atoms with Gasteiger partial charge in [-0.05, 0) is 12.8 Å². The molecule has 0 bridgehead atoms. The molecule has 0 radical (unpaired) electrons. The van der Waals surface area contributed by atoms with Crippen molar-refractivity contribution in [3.05, 3.63) is 4.88 Å². The Bertz CT molecular complexity index is 521. The molecule has 0 aliphatic heterocycles. The highest BCUT2D eigenvalue weighted by Gasteiger charge is 2.64. The number of alkyl halides is 3. The summed E-state index contributed by atoms with van der Waals surface area (Å²) in [6.45, 7) is 1.31. The lowest BCUT2D eigenvalue weighted by molar-refractivity contribution is -0.151. The third-order valence-electron chi connectivity index (χ3n) is 3.07. The first-order chi connectivity index (χ1) is 8.72. The number of rotatable bonds is 4. The molecule has 106 valence electrons. The fourth-order valence-electron chi connectivity index (χ4n) is 1.80. The van der Waals surface area contributed by atoms with Gasteiger partial charge in [0, 0.05) is 6.92 Å². The molecule has 1 aliphatic rings. The van der Waals surface area contributed by atoms with Crippen molar-refractivity contribution in [2.45, 2.75) is 31.5 Å². The molecule has 1 aromatic rings. The monoisotopic (exact) mass is 294 g/mol. The summed E-state index contributed by atoms with van der Waals surface area (Å²) in [6, 6.07) is 0. The average Bonchev–Trinajstić information content (AvgIpc) is 2.99. The Morgan fingerprint density at radius 2 is 2.05 bits per heavy atom. The minimum absolute atomic E-state index is 0.00681. The van der Waals surface area contributed by atoms with E-state index in [4.69, 9.17) is 10.5 Å². The molecule has 19 heavy (non-hydrogen) atoms. The van der Waals surface area contributed by atoms with Crippen LogP contribution in [0.4, 0.5) is 23.9 Å². The third-order valence-corrected chi connectivity index (χ3v) is 4.27. The first-order valence-electron chi connectivity index (χ1n) is 5.54. The second-order valence-electron chi connectivity index (χ2n) is 4.47. The number of nitrogens with one attached hydrogen (secondary N) is 1. The van der Waals surface area contributed by atoms with Crippen LogP contribution in [0.2, 0.25) is 0 Å². The molecule has 1 saturated carbocycles. The zero-order valence-corrected chi connectivity index (χ0v) is 11.2. The SMILES string of the molecule is COc1c(NC2(C(F)(F)F)CC2)sc(C(C)=O)c1N. The lowest BCUT2D eigenvalue weighted by Crippen LogP contribution is -2.38. The van der Waals surface area contributed by atoms with Crippen molar-refractivity contribution in [2.75, 3.05) is 18.2 Å². The van der Waals surface area contributed by atoms with E-state index in [1.54, 1.807) is 0 Å². The fraction of sp³-hybridized carbons (Fsp3) is 0.545. The van der Waals surface area contributed by atoms with Crippen molar-refractivity contribution >= 4 is 27.8 Å². The fourth-order valence-corrected chi connectivity index (χ4v) is 2.88. The van der Waals surface area contributed by atoms with Crippen molar-refractivity contribution < 1.29 is 22.7 Å². The number of nitrogen functional groups attached to an aromatic ring is 1. The average molecular weight is 294 g/mol. The van der Waals surface area contributed by atoms with Gasteiger partial charge >= 0.3 is 6.18 Å². The largest absolute Gasteiger partial charge is 0.492 e. The Morgan fingerprint density at radius 3 is 2.42 bits per heavy atom. The number of thiophene rings is 1. The Labute approximate surface area is 111 Å². The molecule has 0 spiro atoms. The van der Waals surface area contributed by atoms with Gasteiger partial charge in [-0.3, -0.25) is 4.79 Å². The van der Waals surface area contributed by atoms with Crippen LogP contribution in [-0.4, -0.2) is 24.6 Å². The number of carbonyl (C=O) groups is 1. The molecule has 0 atom stereocenters. The first-order valence-corrected chi connectivity index (χ1v) is 6.35. The molecule has 1 heterocycles. The van der Waals surface area contributed by atoms with Crippen LogP contribution in [-0.2, 0) is 0 Å². The minimum atomic E-state index is -4.34. The Kier molecular flexibility index (Phi) is 3.16. The number of nitrogens with two attached hydrogens (primary N) is 1. The van der Waals surface area contributed by atoms with Crippen LogP contribution < -0.4 is 15.8 Å². The number of Topliss-reactive ketones (excluding diaryl/α,β-unsaturated/α-hetero) is 1. The summed E-state index contributed by atoms with van der Waals surface area (Å²) in [6.07, 6.45) is -4.33. The number of ketones is 1. The van der Waals surface area contributed by atoms with E-state index in [0.29, 0.717) is 0 Å². The Balaban J connectivity index is 2.36. The molecule has 0 saturated heterocycles. The summed E-state index contributed by atoms with van der Waals surface area (Å²) >= 11 is 0.891. The molecule has 8 heteroatoms. The summed E-state index contributed by atoms with van der Waals surface area (Å²) < 4.78 is 43.7. The lowest BCUT2D eigenvalue weighted by Gasteiger charge is -2.21. The molecule has 0 unspecified atom stereocenters. The van der Waals surface area contributed by atoms with Gasteiger partial charge in [-0.15, -0.1) is 11.3 Å². The summed E-state index contributed by atoms with van der Waals surface area (Å²) in [5.41, 5.74) is 3.88. The van der Waals surface area contributed by atoms with Gasteiger partial charge in [0.25, 0.3) is 0 Å². The van der Waals surface area contributed by atoms with Crippen molar-refractivity contribution in [3.8, 4) is 5.75 Å². The Hall–Kier alpha value is -1.44. The van der Waals surface area contributed by atoms with Gasteiger partial charge < -0.3 is 15.8 Å². The van der Waals surface area contributed by atoms with Crippen molar-refractivity contribution in [1.82, 2.24) is 0 Å². The zero-order valence-electron chi connectivity index (χ0n) is 10.4. The molecular weight excluding hydrogens is 281 g/mol. The number of methoxy groups -OCH3 is 1. The van der Waals surface area contributed by atoms with E-state index >= 15 is 0 Å². The van der Waals surface area contributed by atoms with Crippen LogP contribution in [0.15, 0.2) is 0 Å². The van der Waals surface area contributed by atoms with Gasteiger partial charge in [-0.25, -0.2) is 0 Å². The van der Waals surface area contributed by atoms with E-state index in [0.717, 1.165) is 11.3 Å².